The van der Waals surface area contributed by atoms with E-state index in [1.807, 2.05) is 6.07 Å². The van der Waals surface area contributed by atoms with Crippen molar-refractivity contribution < 1.29 is 19.7 Å². The average molecular weight is 372 g/mol. The normalized spacial score (nSPS) is 16.0. The predicted octanol–water partition coefficient (Wildman–Crippen LogP) is 2.76. The van der Waals surface area contributed by atoms with E-state index in [-0.39, 0.29) is 6.61 Å². The lowest BCUT2D eigenvalue weighted by molar-refractivity contribution is 0.0697. The van der Waals surface area contributed by atoms with Crippen LogP contribution in [0.3, 0.4) is 0 Å². The van der Waals surface area contributed by atoms with Crippen molar-refractivity contribution in [3.63, 3.8) is 0 Å². The Kier molecular flexibility index (Phi) is 6.67. The van der Waals surface area contributed by atoms with Gasteiger partial charge in [0.25, 0.3) is 0 Å². The molecule has 122 valence electrons. The Morgan fingerprint density at radius 3 is 2.68 bits per heavy atom. The van der Waals surface area contributed by atoms with Crippen LogP contribution in [0, 0.1) is 5.92 Å². The highest BCUT2D eigenvalue weighted by molar-refractivity contribution is 9.10. The number of hydrogen-bond donors (Lipinski definition) is 2. The molecule has 0 aromatic heterocycles. The largest absolute Gasteiger partial charge is 0.478 e. The summed E-state index contributed by atoms with van der Waals surface area (Å²) in [7, 11) is 0. The van der Waals surface area contributed by atoms with Crippen LogP contribution in [-0.4, -0.2) is 49.1 Å². The number of benzene rings is 1. The van der Waals surface area contributed by atoms with E-state index in [0.717, 1.165) is 42.5 Å². The lowest BCUT2D eigenvalue weighted by Crippen LogP contribution is -2.35. The topological polar surface area (TPSA) is 70.0 Å². The highest BCUT2D eigenvalue weighted by Gasteiger charge is 2.22. The zero-order valence-electron chi connectivity index (χ0n) is 12.5. The second kappa shape index (κ2) is 8.50. The number of ether oxygens (including phenoxy) is 1. The van der Waals surface area contributed by atoms with Gasteiger partial charge in [-0.15, -0.1) is 0 Å². The summed E-state index contributed by atoms with van der Waals surface area (Å²) in [6.45, 7) is 2.88. The van der Waals surface area contributed by atoms with E-state index >= 15 is 0 Å². The highest BCUT2D eigenvalue weighted by atomic mass is 79.9. The Morgan fingerprint density at radius 2 is 2.05 bits per heavy atom. The Morgan fingerprint density at radius 1 is 1.32 bits per heavy atom. The van der Waals surface area contributed by atoms with E-state index in [1.54, 1.807) is 12.1 Å². The lowest BCUT2D eigenvalue weighted by atomic mass is 9.93. The molecule has 22 heavy (non-hydrogen) atoms. The van der Waals surface area contributed by atoms with Crippen LogP contribution in [0.4, 0.5) is 5.69 Å². The van der Waals surface area contributed by atoms with Crippen molar-refractivity contribution in [2.75, 3.05) is 37.8 Å². The van der Waals surface area contributed by atoms with Crippen LogP contribution in [0.2, 0.25) is 0 Å². The quantitative estimate of drug-likeness (QED) is 0.721. The molecule has 1 fully saturated rings. The van der Waals surface area contributed by atoms with Crippen molar-refractivity contribution >= 4 is 27.6 Å². The first kappa shape index (κ1) is 17.2. The molecule has 1 aliphatic heterocycles. The van der Waals surface area contributed by atoms with E-state index in [4.69, 9.17) is 9.84 Å². The Bertz CT molecular complexity index is 501. The summed E-state index contributed by atoms with van der Waals surface area (Å²) in [5.74, 6) is -0.280. The first-order valence-corrected chi connectivity index (χ1v) is 8.37. The van der Waals surface area contributed by atoms with E-state index in [2.05, 4.69) is 20.8 Å². The number of nitrogens with zero attached hydrogens (tertiary/aromatic N) is 1. The number of carbonyl (C=O) groups is 1. The Balaban J connectivity index is 1.91. The summed E-state index contributed by atoms with van der Waals surface area (Å²) in [6.07, 6.45) is 3.07. The smallest absolute Gasteiger partial charge is 0.337 e. The maximum atomic E-state index is 11.4. The minimum absolute atomic E-state index is 0.0687. The average Bonchev–Trinajstić information content (AvgIpc) is 2.52. The molecule has 1 aromatic rings. The fourth-order valence-electron chi connectivity index (χ4n) is 2.83. The van der Waals surface area contributed by atoms with Crippen LogP contribution >= 0.6 is 15.9 Å². The molecule has 1 heterocycles. The Hall–Kier alpha value is -1.11. The fourth-order valence-corrected chi connectivity index (χ4v) is 3.18. The molecule has 0 aliphatic carbocycles. The number of rotatable bonds is 7. The minimum Gasteiger partial charge on any atom is -0.478 e. The van der Waals surface area contributed by atoms with Crippen molar-refractivity contribution in [2.24, 2.45) is 5.92 Å². The SMILES string of the molecule is O=C(O)c1ccc(Br)cc1N1CCC(CCOCCO)CC1. The molecular weight excluding hydrogens is 350 g/mol. The number of hydrogen-bond acceptors (Lipinski definition) is 4. The molecule has 2 N–H and O–H groups in total. The van der Waals surface area contributed by atoms with Gasteiger partial charge < -0.3 is 19.8 Å². The van der Waals surface area contributed by atoms with Crippen molar-refractivity contribution in [2.45, 2.75) is 19.3 Å². The minimum atomic E-state index is -0.887. The maximum Gasteiger partial charge on any atom is 0.337 e. The van der Waals surface area contributed by atoms with Crippen molar-refractivity contribution in [3.05, 3.63) is 28.2 Å². The summed E-state index contributed by atoms with van der Waals surface area (Å²) < 4.78 is 6.21. The molecule has 1 aliphatic rings. The van der Waals surface area contributed by atoms with Gasteiger partial charge in [-0.25, -0.2) is 4.79 Å². The predicted molar refractivity (Wildman–Crippen MR) is 88.6 cm³/mol. The van der Waals surface area contributed by atoms with Crippen LogP contribution < -0.4 is 4.90 Å². The third-order valence-electron chi connectivity index (χ3n) is 4.05. The molecule has 6 heteroatoms. The molecule has 0 unspecified atom stereocenters. The molecule has 0 atom stereocenters. The molecule has 0 spiro atoms. The molecule has 0 radical (unpaired) electrons. The van der Waals surface area contributed by atoms with Gasteiger partial charge in [0.15, 0.2) is 0 Å². The van der Waals surface area contributed by atoms with Crippen LogP contribution in [0.5, 0.6) is 0 Å². The van der Waals surface area contributed by atoms with Crippen LogP contribution in [-0.2, 0) is 4.74 Å². The molecule has 1 aromatic carbocycles. The van der Waals surface area contributed by atoms with Gasteiger partial charge >= 0.3 is 5.97 Å². The zero-order valence-corrected chi connectivity index (χ0v) is 14.1. The number of piperidine rings is 1. The molecule has 1 saturated heterocycles. The maximum absolute atomic E-state index is 11.4. The summed E-state index contributed by atoms with van der Waals surface area (Å²) in [6, 6.07) is 5.29. The fraction of sp³-hybridized carbons (Fsp3) is 0.562. The molecule has 0 amide bonds. The van der Waals surface area contributed by atoms with Crippen molar-refractivity contribution in [1.82, 2.24) is 0 Å². The van der Waals surface area contributed by atoms with Crippen LogP contribution in [0.15, 0.2) is 22.7 Å². The standard InChI is InChI=1S/C16H22BrNO4/c17-13-1-2-14(16(20)21)15(11-13)18-6-3-12(4-7-18)5-9-22-10-8-19/h1-2,11-12,19H,3-10H2,(H,20,21). The van der Waals surface area contributed by atoms with Gasteiger partial charge in [0, 0.05) is 24.2 Å². The van der Waals surface area contributed by atoms with Gasteiger partial charge in [0.2, 0.25) is 0 Å². The van der Waals surface area contributed by atoms with E-state index in [9.17, 15) is 9.90 Å². The first-order chi connectivity index (χ1) is 10.6. The molecule has 0 bridgehead atoms. The summed E-state index contributed by atoms with van der Waals surface area (Å²) in [4.78, 5) is 13.5. The van der Waals surface area contributed by atoms with Crippen molar-refractivity contribution in [1.29, 1.82) is 0 Å². The van der Waals surface area contributed by atoms with Gasteiger partial charge in [-0.05, 0) is 43.4 Å². The number of aliphatic hydroxyl groups excluding tert-OH is 1. The lowest BCUT2D eigenvalue weighted by Gasteiger charge is -2.34. The number of anilines is 1. The van der Waals surface area contributed by atoms with Gasteiger partial charge in [-0.1, -0.05) is 15.9 Å². The number of halogens is 1. The van der Waals surface area contributed by atoms with Crippen LogP contribution in [0.1, 0.15) is 29.6 Å². The second-order valence-electron chi connectivity index (χ2n) is 5.52. The zero-order chi connectivity index (χ0) is 15.9. The number of carboxylic acid groups (broad SMARTS) is 1. The molecule has 0 saturated carbocycles. The first-order valence-electron chi connectivity index (χ1n) is 7.58. The molecule has 5 nitrogen and oxygen atoms in total. The number of aliphatic hydroxyl groups is 1. The number of aromatic carboxylic acids is 1. The van der Waals surface area contributed by atoms with Gasteiger partial charge in [-0.3, -0.25) is 0 Å². The monoisotopic (exact) mass is 371 g/mol. The van der Waals surface area contributed by atoms with Gasteiger partial charge in [0.1, 0.15) is 0 Å². The van der Waals surface area contributed by atoms with E-state index in [0.29, 0.717) is 24.7 Å². The van der Waals surface area contributed by atoms with E-state index in [1.165, 1.54) is 0 Å². The molecular formula is C16H22BrNO4. The summed E-state index contributed by atoms with van der Waals surface area (Å²) >= 11 is 3.42. The van der Waals surface area contributed by atoms with Gasteiger partial charge in [-0.2, -0.15) is 0 Å². The number of carboxylic acids is 1. The summed E-state index contributed by atoms with van der Waals surface area (Å²) in [5.41, 5.74) is 1.14. The molecule has 2 rings (SSSR count). The highest BCUT2D eigenvalue weighted by Crippen LogP contribution is 2.30. The second-order valence-corrected chi connectivity index (χ2v) is 6.44. The van der Waals surface area contributed by atoms with Crippen LogP contribution in [0.25, 0.3) is 0 Å². The van der Waals surface area contributed by atoms with E-state index < -0.39 is 5.97 Å². The third kappa shape index (κ3) is 4.69. The third-order valence-corrected chi connectivity index (χ3v) is 4.54. The summed E-state index contributed by atoms with van der Waals surface area (Å²) in [5, 5.41) is 18.0. The van der Waals surface area contributed by atoms with Crippen molar-refractivity contribution in [3.8, 4) is 0 Å². The Labute approximate surface area is 139 Å². The van der Waals surface area contributed by atoms with Gasteiger partial charge in [0.05, 0.1) is 24.5 Å².